The monoisotopic (exact) mass is 565 g/mol. The van der Waals surface area contributed by atoms with Gasteiger partial charge in [0.25, 0.3) is 0 Å². The smallest absolute Gasteiger partial charge is 0.359 e. The molecular weight excluding hydrogens is 521 g/mol. The zero-order valence-corrected chi connectivity index (χ0v) is 25.7. The summed E-state index contributed by atoms with van der Waals surface area (Å²) in [5.41, 5.74) is 2.44. The highest BCUT2D eigenvalue weighted by Crippen LogP contribution is 2.67. The van der Waals surface area contributed by atoms with Gasteiger partial charge in [-0.15, -0.1) is 0 Å². The van der Waals surface area contributed by atoms with Gasteiger partial charge in [-0.2, -0.15) is 4.37 Å². The van der Waals surface area contributed by atoms with Crippen LogP contribution in [0.5, 0.6) is 0 Å². The highest BCUT2D eigenvalue weighted by molar-refractivity contribution is 7.11. The molecule has 4 aliphatic carbocycles. The van der Waals surface area contributed by atoms with Gasteiger partial charge in [-0.3, -0.25) is 0 Å². The third-order valence-electron chi connectivity index (χ3n) is 11.3. The maximum atomic E-state index is 12.7. The molecule has 0 aliphatic heterocycles. The Kier molecular flexibility index (Phi) is 8.14. The Hall–Kier alpha value is -0.580. The van der Waals surface area contributed by atoms with Gasteiger partial charge in [-0.25, -0.2) is 4.79 Å². The summed E-state index contributed by atoms with van der Waals surface area (Å²) in [6, 6.07) is 0. The molecule has 3 saturated carbocycles. The van der Waals surface area contributed by atoms with Crippen molar-refractivity contribution in [2.45, 2.75) is 111 Å². The topological polar surface area (TPSA) is 39.2 Å². The molecule has 0 aromatic carbocycles. The van der Waals surface area contributed by atoms with Crippen molar-refractivity contribution in [3.63, 3.8) is 0 Å². The lowest BCUT2D eigenvalue weighted by atomic mass is 9.47. The molecular formula is C31H45Cl2NO2S. The van der Waals surface area contributed by atoms with E-state index >= 15 is 0 Å². The van der Waals surface area contributed by atoms with Crippen LogP contribution in [-0.2, 0) is 4.74 Å². The quantitative estimate of drug-likeness (QED) is 0.244. The molecule has 6 heteroatoms. The number of carbonyl (C=O) groups excluding carboxylic acids is 1. The zero-order valence-electron chi connectivity index (χ0n) is 23.3. The molecule has 1 heterocycles. The van der Waals surface area contributed by atoms with E-state index in [-0.39, 0.29) is 22.2 Å². The summed E-state index contributed by atoms with van der Waals surface area (Å²) in [4.78, 5) is 12.7. The van der Waals surface area contributed by atoms with Crippen LogP contribution in [0.15, 0.2) is 11.6 Å². The van der Waals surface area contributed by atoms with Gasteiger partial charge in [0, 0.05) is 6.42 Å². The van der Waals surface area contributed by atoms with Gasteiger partial charge < -0.3 is 4.74 Å². The molecule has 3 nitrogen and oxygen atoms in total. The molecule has 0 bridgehead atoms. The number of ether oxygens (including phenoxy) is 1. The molecule has 1 aromatic rings. The average molecular weight is 567 g/mol. The van der Waals surface area contributed by atoms with Crippen LogP contribution in [0.4, 0.5) is 0 Å². The van der Waals surface area contributed by atoms with E-state index < -0.39 is 5.97 Å². The zero-order chi connectivity index (χ0) is 26.5. The summed E-state index contributed by atoms with van der Waals surface area (Å²) < 4.78 is 10.3. The van der Waals surface area contributed by atoms with E-state index in [1.54, 1.807) is 0 Å². The lowest BCUT2D eigenvalue weighted by Crippen LogP contribution is -2.51. The van der Waals surface area contributed by atoms with Gasteiger partial charge >= 0.3 is 5.97 Å². The Balaban J connectivity index is 1.26. The highest BCUT2D eigenvalue weighted by atomic mass is 35.5. The van der Waals surface area contributed by atoms with Gasteiger partial charge in [-0.1, -0.05) is 88.7 Å². The fourth-order valence-corrected chi connectivity index (χ4v) is 10.3. The summed E-state index contributed by atoms with van der Waals surface area (Å²) in [5.74, 6) is 4.57. The van der Waals surface area contributed by atoms with E-state index in [2.05, 4.69) is 45.1 Å². The number of fused-ring (bicyclic) bond motifs is 5. The first-order chi connectivity index (χ1) is 17.5. The number of esters is 1. The highest BCUT2D eigenvalue weighted by Gasteiger charge is 2.59. The van der Waals surface area contributed by atoms with Gasteiger partial charge in [-0.05, 0) is 103 Å². The van der Waals surface area contributed by atoms with E-state index in [1.165, 1.54) is 56.9 Å². The molecule has 0 saturated heterocycles. The van der Waals surface area contributed by atoms with Gasteiger partial charge in [0.15, 0.2) is 5.69 Å². The van der Waals surface area contributed by atoms with Crippen molar-refractivity contribution in [3.05, 3.63) is 26.7 Å². The second-order valence-electron chi connectivity index (χ2n) is 13.7. The van der Waals surface area contributed by atoms with Crippen molar-refractivity contribution in [1.29, 1.82) is 0 Å². The Morgan fingerprint density at radius 2 is 1.89 bits per heavy atom. The Morgan fingerprint density at radius 3 is 2.59 bits per heavy atom. The molecule has 0 radical (unpaired) electrons. The van der Waals surface area contributed by atoms with Crippen LogP contribution in [0.25, 0.3) is 0 Å². The van der Waals surface area contributed by atoms with Crippen LogP contribution < -0.4 is 0 Å². The SMILES string of the molecule is CC(C)CCC[C@@H](C)[C@H]1CC[C@@H]2[C@H]3CC=C4C[C@@H](OC(=O)c5nsc(Cl)c5Cl)CC[C@]4(C)[C@H]3CC[C@@]21C. The van der Waals surface area contributed by atoms with Crippen molar-refractivity contribution < 1.29 is 9.53 Å². The van der Waals surface area contributed by atoms with E-state index in [9.17, 15) is 4.79 Å². The maximum absolute atomic E-state index is 12.7. The molecule has 206 valence electrons. The number of carbonyl (C=O) groups is 1. The van der Waals surface area contributed by atoms with E-state index in [0.717, 1.165) is 66.3 Å². The third-order valence-corrected chi connectivity index (χ3v) is 12.9. The molecule has 0 spiro atoms. The predicted molar refractivity (Wildman–Crippen MR) is 154 cm³/mol. The number of hydrogen-bond acceptors (Lipinski definition) is 4. The van der Waals surface area contributed by atoms with Crippen molar-refractivity contribution in [1.82, 2.24) is 4.37 Å². The number of allylic oxidation sites excluding steroid dienone is 1. The molecule has 3 fully saturated rings. The lowest BCUT2D eigenvalue weighted by Gasteiger charge is -2.58. The van der Waals surface area contributed by atoms with E-state index in [1.807, 2.05) is 0 Å². The normalized spacial score (nSPS) is 37.9. The second-order valence-corrected chi connectivity index (χ2v) is 15.4. The summed E-state index contributed by atoms with van der Waals surface area (Å²) in [6.07, 6.45) is 16.3. The molecule has 1 aromatic heterocycles. The fourth-order valence-electron chi connectivity index (χ4n) is 9.35. The Bertz CT molecular complexity index is 1040. The molecule has 37 heavy (non-hydrogen) atoms. The minimum absolute atomic E-state index is 0.101. The Labute approximate surface area is 238 Å². The summed E-state index contributed by atoms with van der Waals surface area (Å²) in [7, 11) is 0. The number of hydrogen-bond donors (Lipinski definition) is 0. The van der Waals surface area contributed by atoms with Crippen LogP contribution in [0.1, 0.15) is 116 Å². The average Bonchev–Trinajstić information content (AvgIpc) is 3.37. The van der Waals surface area contributed by atoms with Crippen LogP contribution in [0.3, 0.4) is 0 Å². The summed E-state index contributed by atoms with van der Waals surface area (Å²) in [5, 5.41) is 0.214. The van der Waals surface area contributed by atoms with Gasteiger partial charge in [0.2, 0.25) is 0 Å². The minimum Gasteiger partial charge on any atom is -0.457 e. The largest absolute Gasteiger partial charge is 0.457 e. The van der Waals surface area contributed by atoms with Crippen LogP contribution in [0.2, 0.25) is 9.36 Å². The van der Waals surface area contributed by atoms with Crippen molar-refractivity contribution >= 4 is 40.7 Å². The molecule has 0 unspecified atom stereocenters. The van der Waals surface area contributed by atoms with E-state index in [0.29, 0.717) is 9.75 Å². The van der Waals surface area contributed by atoms with Gasteiger partial charge in [0.1, 0.15) is 15.5 Å². The first-order valence-electron chi connectivity index (χ1n) is 14.8. The minimum atomic E-state index is -0.441. The summed E-state index contributed by atoms with van der Waals surface area (Å²) in [6.45, 7) is 12.5. The van der Waals surface area contributed by atoms with Crippen molar-refractivity contribution in [2.24, 2.45) is 46.3 Å². The van der Waals surface area contributed by atoms with Crippen molar-refractivity contribution in [3.8, 4) is 0 Å². The second kappa shape index (κ2) is 10.8. The number of halogens is 2. The standard InChI is InChI=1S/C31H45Cl2NO2S/c1-18(2)7-6-8-19(3)23-11-12-24-22-10-9-20-17-21(36-29(35)27-26(32)28(33)37-34-27)13-15-30(20,4)25(22)14-16-31(23,24)5/h9,18-19,21-25H,6-8,10-17H2,1-5H3/t19-,21+,22-,23-,24-,25+,30+,31-/m1/s1. The first kappa shape index (κ1) is 28.0. The van der Waals surface area contributed by atoms with Crippen LogP contribution in [0, 0.1) is 46.3 Å². The molecule has 0 N–H and O–H groups in total. The van der Waals surface area contributed by atoms with Crippen LogP contribution in [-0.4, -0.2) is 16.4 Å². The van der Waals surface area contributed by atoms with E-state index in [4.69, 9.17) is 27.9 Å². The molecule has 4 aliphatic rings. The Morgan fingerprint density at radius 1 is 1.11 bits per heavy atom. The maximum Gasteiger partial charge on any atom is 0.359 e. The summed E-state index contributed by atoms with van der Waals surface area (Å²) >= 11 is 13.2. The lowest BCUT2D eigenvalue weighted by molar-refractivity contribution is -0.0595. The number of nitrogens with zero attached hydrogens (tertiary/aromatic N) is 1. The first-order valence-corrected chi connectivity index (χ1v) is 16.3. The predicted octanol–water partition coefficient (Wildman–Crippen LogP) is 10.0. The number of rotatable bonds is 7. The molecule has 5 rings (SSSR count). The molecule has 8 atom stereocenters. The van der Waals surface area contributed by atoms with Crippen LogP contribution >= 0.6 is 34.7 Å². The van der Waals surface area contributed by atoms with Gasteiger partial charge in [0.05, 0.1) is 0 Å². The molecule has 0 amide bonds. The number of aromatic nitrogens is 1. The third kappa shape index (κ3) is 5.06. The van der Waals surface area contributed by atoms with Crippen molar-refractivity contribution in [2.75, 3.05) is 0 Å². The fraction of sp³-hybridized carbons (Fsp3) is 0.806.